The molecule has 1 N–H and O–H groups in total. The number of fused-ring (bicyclic) bond motifs is 2. The summed E-state index contributed by atoms with van der Waals surface area (Å²) >= 11 is 0. The zero-order chi connectivity index (χ0) is 22.9. The van der Waals surface area contributed by atoms with E-state index in [2.05, 4.69) is 13.8 Å². The van der Waals surface area contributed by atoms with E-state index in [1.54, 1.807) is 30.3 Å². The molecule has 172 valence electrons. The molecular formula is C27H34O5. The molecule has 5 heteroatoms. The number of unbranched alkanes of at least 4 members (excludes halogenated alkanes) is 6. The van der Waals surface area contributed by atoms with Gasteiger partial charge >= 0.3 is 0 Å². The summed E-state index contributed by atoms with van der Waals surface area (Å²) in [5.41, 5.74) is 1.78. The van der Waals surface area contributed by atoms with E-state index in [1.807, 2.05) is 0 Å². The predicted octanol–water partition coefficient (Wildman–Crippen LogP) is 5.87. The highest BCUT2D eigenvalue weighted by atomic mass is 16.5. The van der Waals surface area contributed by atoms with Gasteiger partial charge in [-0.05, 0) is 36.6 Å². The summed E-state index contributed by atoms with van der Waals surface area (Å²) in [6.45, 7) is 5.05. The lowest BCUT2D eigenvalue weighted by Crippen LogP contribution is -2.23. The van der Waals surface area contributed by atoms with Gasteiger partial charge in [-0.25, -0.2) is 0 Å². The molecule has 0 saturated heterocycles. The lowest BCUT2D eigenvalue weighted by molar-refractivity contribution is 0.0971. The maximum Gasteiger partial charge on any atom is 0.201 e. The maximum atomic E-state index is 13.6. The van der Waals surface area contributed by atoms with Crippen molar-refractivity contribution in [3.05, 3.63) is 58.1 Å². The Labute approximate surface area is 190 Å². The second kappa shape index (κ2) is 11.8. The minimum Gasteiger partial charge on any atom is -0.493 e. The first kappa shape index (κ1) is 24.0. The van der Waals surface area contributed by atoms with Crippen LogP contribution in [0.1, 0.15) is 103 Å². The van der Waals surface area contributed by atoms with Crippen LogP contribution in [0, 0.1) is 0 Å². The van der Waals surface area contributed by atoms with Crippen LogP contribution in [0.4, 0.5) is 0 Å². The van der Waals surface area contributed by atoms with Crippen LogP contribution in [-0.4, -0.2) is 29.9 Å². The second-order valence-corrected chi connectivity index (χ2v) is 8.33. The van der Waals surface area contributed by atoms with Crippen molar-refractivity contribution in [1.29, 1.82) is 0 Å². The zero-order valence-electron chi connectivity index (χ0n) is 19.2. The van der Waals surface area contributed by atoms with Crippen LogP contribution in [0.2, 0.25) is 0 Å². The van der Waals surface area contributed by atoms with E-state index >= 15 is 0 Å². The Morgan fingerprint density at radius 2 is 1.34 bits per heavy atom. The Kier molecular flexibility index (Phi) is 8.86. The Bertz CT molecular complexity index is 947. The quantitative estimate of drug-likeness (QED) is 0.338. The third-order valence-electron chi connectivity index (χ3n) is 5.83. The van der Waals surface area contributed by atoms with Gasteiger partial charge in [0.15, 0.2) is 5.78 Å². The molecule has 0 radical (unpaired) electrons. The molecule has 0 saturated carbocycles. The summed E-state index contributed by atoms with van der Waals surface area (Å²) in [6, 6.07) is 8.43. The molecule has 0 aliphatic heterocycles. The minimum atomic E-state index is -0.258. The van der Waals surface area contributed by atoms with E-state index in [1.165, 1.54) is 0 Å². The lowest BCUT2D eigenvalue weighted by atomic mass is 9.82. The average Bonchev–Trinajstić information content (AvgIpc) is 2.81. The van der Waals surface area contributed by atoms with Crippen LogP contribution < -0.4 is 9.47 Å². The van der Waals surface area contributed by atoms with Gasteiger partial charge in [-0.15, -0.1) is 0 Å². The van der Waals surface area contributed by atoms with Gasteiger partial charge in [0.05, 0.1) is 30.9 Å². The van der Waals surface area contributed by atoms with Crippen molar-refractivity contribution < 1.29 is 24.2 Å². The second-order valence-electron chi connectivity index (χ2n) is 8.33. The van der Waals surface area contributed by atoms with Crippen LogP contribution in [0.25, 0.3) is 0 Å². The van der Waals surface area contributed by atoms with E-state index < -0.39 is 0 Å². The smallest absolute Gasteiger partial charge is 0.201 e. The Morgan fingerprint density at radius 1 is 0.719 bits per heavy atom. The highest BCUT2D eigenvalue weighted by molar-refractivity contribution is 6.30. The van der Waals surface area contributed by atoms with E-state index in [4.69, 9.17) is 9.47 Å². The Morgan fingerprint density at radius 3 is 1.97 bits per heavy atom. The third kappa shape index (κ3) is 5.39. The van der Waals surface area contributed by atoms with Gasteiger partial charge in [-0.3, -0.25) is 9.59 Å². The molecule has 0 fully saturated rings. The van der Waals surface area contributed by atoms with Crippen molar-refractivity contribution in [2.45, 2.75) is 71.8 Å². The first-order valence-corrected chi connectivity index (χ1v) is 11.9. The van der Waals surface area contributed by atoms with Gasteiger partial charge in [-0.1, -0.05) is 64.5 Å². The topological polar surface area (TPSA) is 72.8 Å². The molecule has 0 atom stereocenters. The monoisotopic (exact) mass is 438 g/mol. The molecule has 2 aromatic rings. The molecule has 1 aliphatic carbocycles. The number of carbonyl (C=O) groups excluding carboxylic acids is 2. The third-order valence-corrected chi connectivity index (χ3v) is 5.83. The van der Waals surface area contributed by atoms with Crippen LogP contribution in [0.15, 0.2) is 30.3 Å². The maximum absolute atomic E-state index is 13.6. The Hall–Kier alpha value is -2.66. The number of benzene rings is 2. The predicted molar refractivity (Wildman–Crippen MR) is 125 cm³/mol. The molecule has 5 nitrogen and oxygen atoms in total. The largest absolute Gasteiger partial charge is 0.493 e. The first-order chi connectivity index (χ1) is 15.6. The van der Waals surface area contributed by atoms with E-state index in [9.17, 15) is 14.7 Å². The number of ketones is 2. The summed E-state index contributed by atoms with van der Waals surface area (Å²) in [5.74, 6) is 0.317. The SMILES string of the molecule is CCCCCCOc1cccc2c1C(=O)c1c(OCCCCCC)cc(CO)cc1C2=O. The van der Waals surface area contributed by atoms with Gasteiger partial charge in [0, 0.05) is 11.1 Å². The van der Waals surface area contributed by atoms with Crippen molar-refractivity contribution in [1.82, 2.24) is 0 Å². The molecule has 0 heterocycles. The number of aliphatic hydroxyl groups excluding tert-OH is 1. The fourth-order valence-electron chi connectivity index (χ4n) is 4.06. The zero-order valence-corrected chi connectivity index (χ0v) is 19.2. The average molecular weight is 439 g/mol. The molecule has 0 aromatic heterocycles. The fourth-order valence-corrected chi connectivity index (χ4v) is 4.06. The molecule has 32 heavy (non-hydrogen) atoms. The molecular weight excluding hydrogens is 404 g/mol. The van der Waals surface area contributed by atoms with Crippen LogP contribution >= 0.6 is 0 Å². The summed E-state index contributed by atoms with van der Waals surface area (Å²) in [4.78, 5) is 26.9. The molecule has 0 amide bonds. The normalized spacial score (nSPS) is 12.5. The molecule has 0 spiro atoms. The minimum absolute atomic E-state index is 0.227. The first-order valence-electron chi connectivity index (χ1n) is 11.9. The van der Waals surface area contributed by atoms with E-state index in [-0.39, 0.29) is 29.3 Å². The number of hydrogen-bond donors (Lipinski definition) is 1. The van der Waals surface area contributed by atoms with Gasteiger partial charge in [0.1, 0.15) is 11.5 Å². The summed E-state index contributed by atoms with van der Waals surface area (Å²) in [7, 11) is 0. The van der Waals surface area contributed by atoms with Gasteiger partial charge < -0.3 is 14.6 Å². The molecule has 3 rings (SSSR count). The lowest BCUT2D eigenvalue weighted by Gasteiger charge is -2.23. The Balaban J connectivity index is 1.90. The summed E-state index contributed by atoms with van der Waals surface area (Å²) in [5, 5.41) is 9.68. The molecule has 1 aliphatic rings. The molecule has 0 bridgehead atoms. The number of ether oxygens (including phenoxy) is 2. The summed E-state index contributed by atoms with van der Waals surface area (Å²) in [6.07, 6.45) is 8.43. The number of aliphatic hydroxyl groups is 1. The number of carbonyl (C=O) groups is 2. The fraction of sp³-hybridized carbons (Fsp3) is 0.481. The highest BCUT2D eigenvalue weighted by Crippen LogP contribution is 2.38. The van der Waals surface area contributed by atoms with Crippen molar-refractivity contribution in [3.63, 3.8) is 0 Å². The van der Waals surface area contributed by atoms with Crippen molar-refractivity contribution in [3.8, 4) is 11.5 Å². The van der Waals surface area contributed by atoms with Crippen molar-refractivity contribution in [2.75, 3.05) is 13.2 Å². The van der Waals surface area contributed by atoms with Gasteiger partial charge in [-0.2, -0.15) is 0 Å². The van der Waals surface area contributed by atoms with Crippen LogP contribution in [0.3, 0.4) is 0 Å². The van der Waals surface area contributed by atoms with E-state index in [0.29, 0.717) is 41.4 Å². The van der Waals surface area contributed by atoms with Gasteiger partial charge in [0.25, 0.3) is 0 Å². The summed E-state index contributed by atoms with van der Waals surface area (Å²) < 4.78 is 11.9. The molecule has 0 unspecified atom stereocenters. The van der Waals surface area contributed by atoms with Crippen molar-refractivity contribution >= 4 is 11.6 Å². The van der Waals surface area contributed by atoms with E-state index in [0.717, 1.165) is 51.4 Å². The highest BCUT2D eigenvalue weighted by Gasteiger charge is 2.35. The van der Waals surface area contributed by atoms with Crippen LogP contribution in [0.5, 0.6) is 11.5 Å². The number of rotatable bonds is 13. The molecule has 2 aromatic carbocycles. The van der Waals surface area contributed by atoms with Crippen molar-refractivity contribution in [2.24, 2.45) is 0 Å². The van der Waals surface area contributed by atoms with Gasteiger partial charge in [0.2, 0.25) is 5.78 Å². The van der Waals surface area contributed by atoms with Crippen LogP contribution in [-0.2, 0) is 6.61 Å². The standard InChI is InChI=1S/C27H34O5/c1-3-5-7-9-14-31-22-13-11-12-20-24(22)27(30)25-21(26(20)29)16-19(18-28)17-23(25)32-15-10-8-6-4-2/h11-13,16-17,28H,3-10,14-15,18H2,1-2H3. The number of hydrogen-bond acceptors (Lipinski definition) is 5.